The van der Waals surface area contributed by atoms with Gasteiger partial charge in [0.05, 0.1) is 5.69 Å². The lowest BCUT2D eigenvalue weighted by Crippen LogP contribution is -2.34. The first-order chi connectivity index (χ1) is 12.5. The minimum atomic E-state index is -0.554. The maximum absolute atomic E-state index is 12.4. The lowest BCUT2D eigenvalue weighted by molar-refractivity contribution is 0.0427. The zero-order valence-electron chi connectivity index (χ0n) is 15.6. The van der Waals surface area contributed by atoms with Crippen LogP contribution in [0.5, 0.6) is 0 Å². The van der Waals surface area contributed by atoms with Crippen LogP contribution in [0.1, 0.15) is 26.7 Å². The molecule has 5 nitrogen and oxygen atoms in total. The van der Waals surface area contributed by atoms with Gasteiger partial charge in [0.15, 0.2) is 0 Å². The molecule has 0 heterocycles. The van der Waals surface area contributed by atoms with E-state index in [-0.39, 0.29) is 0 Å². The molecule has 0 aliphatic rings. The molecule has 2 rings (SSSR count). The number of rotatable bonds is 9. The number of hydrogen-bond acceptors (Lipinski definition) is 4. The van der Waals surface area contributed by atoms with Crippen molar-refractivity contribution in [2.45, 2.75) is 32.3 Å². The van der Waals surface area contributed by atoms with Crippen LogP contribution in [0.3, 0.4) is 0 Å². The van der Waals surface area contributed by atoms with E-state index in [1.165, 1.54) is 0 Å². The first-order valence-corrected chi connectivity index (χ1v) is 9.07. The molecule has 2 aromatic carbocycles. The van der Waals surface area contributed by atoms with E-state index in [0.29, 0.717) is 6.54 Å². The second kappa shape index (κ2) is 9.94. The third-order valence-electron chi connectivity index (χ3n) is 4.08. The fraction of sp³-hybridized carbons (Fsp3) is 0.381. The van der Waals surface area contributed by atoms with Gasteiger partial charge >= 0.3 is 6.09 Å². The summed E-state index contributed by atoms with van der Waals surface area (Å²) < 4.78 is 5.62. The standard InChI is InChI=1S/C21H29N3O2/c1-21(2,13-16-23-15-8-14-22)26-20(25)24-19-12-7-6-11-18(19)17-9-4-3-5-10-17/h3-7,9-12,23H,8,13-16,22H2,1-2H3,(H,24,25). The molecular weight excluding hydrogens is 326 g/mol. The molecule has 0 saturated carbocycles. The van der Waals surface area contributed by atoms with Crippen LogP contribution in [0.2, 0.25) is 0 Å². The van der Waals surface area contributed by atoms with E-state index in [2.05, 4.69) is 10.6 Å². The quantitative estimate of drug-likeness (QED) is 0.594. The Morgan fingerprint density at radius 1 is 1.04 bits per heavy atom. The molecule has 2 aromatic rings. The predicted molar refractivity (Wildman–Crippen MR) is 107 cm³/mol. The van der Waals surface area contributed by atoms with Crippen molar-refractivity contribution in [2.75, 3.05) is 25.0 Å². The number of benzene rings is 2. The van der Waals surface area contributed by atoms with E-state index in [1.54, 1.807) is 0 Å². The summed E-state index contributed by atoms with van der Waals surface area (Å²) in [5.74, 6) is 0. The summed E-state index contributed by atoms with van der Waals surface area (Å²) in [5, 5.41) is 6.18. The molecular formula is C21H29N3O2. The first kappa shape index (κ1) is 19.9. The van der Waals surface area contributed by atoms with Crippen molar-refractivity contribution in [3.8, 4) is 11.1 Å². The molecule has 0 bridgehead atoms. The van der Waals surface area contributed by atoms with Gasteiger partial charge in [-0.1, -0.05) is 48.5 Å². The van der Waals surface area contributed by atoms with Gasteiger partial charge in [-0.05, 0) is 58.0 Å². The highest BCUT2D eigenvalue weighted by Gasteiger charge is 2.23. The van der Waals surface area contributed by atoms with E-state index >= 15 is 0 Å². The number of ether oxygens (including phenoxy) is 1. The van der Waals surface area contributed by atoms with Gasteiger partial charge < -0.3 is 15.8 Å². The van der Waals surface area contributed by atoms with Gasteiger partial charge in [-0.25, -0.2) is 4.79 Å². The van der Waals surface area contributed by atoms with Crippen molar-refractivity contribution in [3.63, 3.8) is 0 Å². The van der Waals surface area contributed by atoms with Crippen LogP contribution >= 0.6 is 0 Å². The van der Waals surface area contributed by atoms with Crippen molar-refractivity contribution in [3.05, 3.63) is 54.6 Å². The van der Waals surface area contributed by atoms with Crippen LogP contribution in [0.25, 0.3) is 11.1 Å². The molecule has 26 heavy (non-hydrogen) atoms. The number of nitrogens with two attached hydrogens (primary N) is 1. The summed E-state index contributed by atoms with van der Waals surface area (Å²) in [6.07, 6.45) is 1.23. The molecule has 0 saturated heterocycles. The summed E-state index contributed by atoms with van der Waals surface area (Å²) in [5.41, 5.74) is 7.67. The average Bonchev–Trinajstić information content (AvgIpc) is 2.62. The molecule has 0 atom stereocenters. The maximum atomic E-state index is 12.4. The number of carbonyl (C=O) groups excluding carboxylic acids is 1. The monoisotopic (exact) mass is 355 g/mol. The normalized spacial score (nSPS) is 11.2. The highest BCUT2D eigenvalue weighted by Crippen LogP contribution is 2.28. The maximum Gasteiger partial charge on any atom is 0.412 e. The van der Waals surface area contributed by atoms with Crippen LogP contribution in [-0.2, 0) is 4.74 Å². The van der Waals surface area contributed by atoms with Crippen LogP contribution in [0, 0.1) is 0 Å². The second-order valence-electron chi connectivity index (χ2n) is 6.83. The van der Waals surface area contributed by atoms with Crippen molar-refractivity contribution in [1.29, 1.82) is 0 Å². The largest absolute Gasteiger partial charge is 0.443 e. The minimum Gasteiger partial charge on any atom is -0.443 e. The number of anilines is 1. The van der Waals surface area contributed by atoms with E-state index < -0.39 is 11.7 Å². The van der Waals surface area contributed by atoms with Gasteiger partial charge in [-0.15, -0.1) is 0 Å². The Hall–Kier alpha value is -2.37. The van der Waals surface area contributed by atoms with Crippen molar-refractivity contribution in [1.82, 2.24) is 5.32 Å². The van der Waals surface area contributed by atoms with Gasteiger partial charge in [0, 0.05) is 5.56 Å². The summed E-state index contributed by atoms with van der Waals surface area (Å²) >= 11 is 0. The molecule has 0 aliphatic carbocycles. The Balaban J connectivity index is 1.93. The van der Waals surface area contributed by atoms with Gasteiger partial charge in [0.1, 0.15) is 5.60 Å². The molecule has 5 heteroatoms. The number of carbonyl (C=O) groups is 1. The van der Waals surface area contributed by atoms with E-state index in [9.17, 15) is 4.79 Å². The molecule has 4 N–H and O–H groups in total. The SMILES string of the molecule is CC(C)(CCNCCCN)OC(=O)Nc1ccccc1-c1ccccc1. The van der Waals surface area contributed by atoms with Gasteiger partial charge in [0.2, 0.25) is 0 Å². The summed E-state index contributed by atoms with van der Waals surface area (Å²) in [6.45, 7) is 6.17. The lowest BCUT2D eigenvalue weighted by atomic mass is 10.0. The number of hydrogen-bond donors (Lipinski definition) is 3. The highest BCUT2D eigenvalue weighted by molar-refractivity contribution is 5.91. The Kier molecular flexibility index (Phi) is 7.63. The fourth-order valence-corrected chi connectivity index (χ4v) is 2.64. The van der Waals surface area contributed by atoms with Gasteiger partial charge in [-0.3, -0.25) is 5.32 Å². The summed E-state index contributed by atoms with van der Waals surface area (Å²) in [6, 6.07) is 17.7. The van der Waals surface area contributed by atoms with Crippen LogP contribution in [0.4, 0.5) is 10.5 Å². The molecule has 0 aliphatic heterocycles. The molecule has 140 valence electrons. The zero-order chi connectivity index (χ0) is 18.8. The summed E-state index contributed by atoms with van der Waals surface area (Å²) in [4.78, 5) is 12.4. The molecule has 0 radical (unpaired) electrons. The minimum absolute atomic E-state index is 0.444. The number of amides is 1. The Morgan fingerprint density at radius 2 is 1.73 bits per heavy atom. The Bertz CT molecular complexity index is 687. The van der Waals surface area contributed by atoms with Crippen LogP contribution in [-0.4, -0.2) is 31.3 Å². The third-order valence-corrected chi connectivity index (χ3v) is 4.08. The first-order valence-electron chi connectivity index (χ1n) is 9.07. The van der Waals surface area contributed by atoms with Crippen molar-refractivity contribution in [2.24, 2.45) is 5.73 Å². The van der Waals surface area contributed by atoms with E-state index in [4.69, 9.17) is 10.5 Å². The predicted octanol–water partition coefficient (Wildman–Crippen LogP) is 4.01. The molecule has 1 amide bonds. The highest BCUT2D eigenvalue weighted by atomic mass is 16.6. The van der Waals surface area contributed by atoms with Crippen LogP contribution in [0.15, 0.2) is 54.6 Å². The van der Waals surface area contributed by atoms with Crippen molar-refractivity contribution >= 4 is 11.8 Å². The Morgan fingerprint density at radius 3 is 2.46 bits per heavy atom. The van der Waals surface area contributed by atoms with E-state index in [1.807, 2.05) is 68.4 Å². The molecule has 0 fully saturated rings. The lowest BCUT2D eigenvalue weighted by Gasteiger charge is -2.25. The van der Waals surface area contributed by atoms with Crippen molar-refractivity contribution < 1.29 is 9.53 Å². The van der Waals surface area contributed by atoms with E-state index in [0.717, 1.165) is 42.7 Å². The average molecular weight is 355 g/mol. The van der Waals surface area contributed by atoms with Gasteiger partial charge in [-0.2, -0.15) is 0 Å². The Labute approximate surface area is 155 Å². The smallest absolute Gasteiger partial charge is 0.412 e. The molecule has 0 aromatic heterocycles. The molecule has 0 spiro atoms. The zero-order valence-corrected chi connectivity index (χ0v) is 15.6. The molecule has 0 unspecified atom stereocenters. The second-order valence-corrected chi connectivity index (χ2v) is 6.83. The van der Waals surface area contributed by atoms with Crippen LogP contribution < -0.4 is 16.4 Å². The number of para-hydroxylation sites is 1. The number of nitrogens with one attached hydrogen (secondary N) is 2. The third kappa shape index (κ3) is 6.50. The topological polar surface area (TPSA) is 76.4 Å². The summed E-state index contributed by atoms with van der Waals surface area (Å²) in [7, 11) is 0. The van der Waals surface area contributed by atoms with Gasteiger partial charge in [0.25, 0.3) is 0 Å². The fourth-order valence-electron chi connectivity index (χ4n) is 2.64.